The number of methoxy groups -OCH3 is 2. The average Bonchev–Trinajstić information content (AvgIpc) is 2.94. The van der Waals surface area contributed by atoms with E-state index in [-0.39, 0.29) is 16.2 Å². The third kappa shape index (κ3) is 2.16. The maximum Gasteiger partial charge on any atom is 0.119 e. The molecule has 1 spiro atoms. The molecule has 0 heterocycles. The lowest BCUT2D eigenvalue weighted by Gasteiger charge is -2.30. The van der Waals surface area contributed by atoms with Gasteiger partial charge in [0.1, 0.15) is 11.5 Å². The molecule has 0 saturated carbocycles. The minimum Gasteiger partial charge on any atom is -0.497 e. The second-order valence-corrected chi connectivity index (χ2v) is 9.03. The maximum absolute atomic E-state index is 5.51. The van der Waals surface area contributed by atoms with Crippen molar-refractivity contribution < 1.29 is 9.47 Å². The number of ether oxygens (including phenoxy) is 2. The highest BCUT2D eigenvalue weighted by Gasteiger charge is 2.56. The number of rotatable bonds is 2. The molecule has 0 amide bonds. The van der Waals surface area contributed by atoms with Gasteiger partial charge in [0.2, 0.25) is 0 Å². The Morgan fingerprint density at radius 3 is 1.40 bits per heavy atom. The largest absolute Gasteiger partial charge is 0.497 e. The van der Waals surface area contributed by atoms with Crippen LogP contribution >= 0.6 is 0 Å². The molecule has 0 aromatic heterocycles. The lowest BCUT2D eigenvalue weighted by molar-refractivity contribution is 0.349. The summed E-state index contributed by atoms with van der Waals surface area (Å²) in [5.41, 5.74) is 6.21. The van der Waals surface area contributed by atoms with Crippen LogP contribution in [0.2, 0.25) is 0 Å². The van der Waals surface area contributed by atoms with Gasteiger partial charge < -0.3 is 9.47 Å². The zero-order valence-corrected chi connectivity index (χ0v) is 16.2. The van der Waals surface area contributed by atoms with Crippen LogP contribution in [0.3, 0.4) is 0 Å². The lowest BCUT2D eigenvalue weighted by Crippen LogP contribution is -2.26. The first kappa shape index (κ1) is 16.5. The SMILES string of the molecule is COc1ccc2c(c1)C(C)(C)CC21CC(C)(C)c2cc(OC)ccc21. The van der Waals surface area contributed by atoms with Crippen LogP contribution in [0, 0.1) is 0 Å². The zero-order chi connectivity index (χ0) is 18.0. The fourth-order valence-corrected chi connectivity index (χ4v) is 5.54. The van der Waals surface area contributed by atoms with Crippen LogP contribution < -0.4 is 9.47 Å². The van der Waals surface area contributed by atoms with E-state index in [0.29, 0.717) is 0 Å². The summed E-state index contributed by atoms with van der Waals surface area (Å²) in [4.78, 5) is 0. The van der Waals surface area contributed by atoms with Crippen molar-refractivity contribution in [3.63, 3.8) is 0 Å². The summed E-state index contributed by atoms with van der Waals surface area (Å²) in [6, 6.07) is 13.3. The molecular weight excluding hydrogens is 308 g/mol. The molecule has 4 rings (SSSR count). The van der Waals surface area contributed by atoms with Gasteiger partial charge in [-0.05, 0) is 70.2 Å². The van der Waals surface area contributed by atoms with E-state index in [0.717, 1.165) is 24.3 Å². The highest BCUT2D eigenvalue weighted by molar-refractivity contribution is 5.61. The van der Waals surface area contributed by atoms with Crippen LogP contribution in [0.4, 0.5) is 0 Å². The van der Waals surface area contributed by atoms with Crippen LogP contribution in [0.15, 0.2) is 36.4 Å². The van der Waals surface area contributed by atoms with Crippen molar-refractivity contribution >= 4 is 0 Å². The third-order valence-electron chi connectivity index (χ3n) is 6.43. The highest BCUT2D eigenvalue weighted by atomic mass is 16.5. The van der Waals surface area contributed by atoms with E-state index in [4.69, 9.17) is 9.47 Å². The number of benzene rings is 2. The Morgan fingerprint density at radius 2 is 1.04 bits per heavy atom. The summed E-state index contributed by atoms with van der Waals surface area (Å²) in [6.07, 6.45) is 2.29. The second-order valence-electron chi connectivity index (χ2n) is 9.03. The predicted octanol–water partition coefficient (Wildman–Crippen LogP) is 5.35. The van der Waals surface area contributed by atoms with E-state index in [1.54, 1.807) is 14.2 Å². The van der Waals surface area contributed by atoms with Crippen molar-refractivity contribution in [2.75, 3.05) is 14.2 Å². The van der Waals surface area contributed by atoms with E-state index in [9.17, 15) is 0 Å². The molecule has 25 heavy (non-hydrogen) atoms. The Hall–Kier alpha value is -1.96. The number of hydrogen-bond donors (Lipinski definition) is 0. The summed E-state index contributed by atoms with van der Waals surface area (Å²) in [6.45, 7) is 9.48. The van der Waals surface area contributed by atoms with Crippen molar-refractivity contribution in [2.45, 2.75) is 56.8 Å². The van der Waals surface area contributed by atoms with Crippen molar-refractivity contribution in [3.8, 4) is 11.5 Å². The van der Waals surface area contributed by atoms with Crippen LogP contribution in [0.1, 0.15) is 62.8 Å². The van der Waals surface area contributed by atoms with Gasteiger partial charge in [0, 0.05) is 5.41 Å². The van der Waals surface area contributed by atoms with Crippen LogP contribution in [-0.4, -0.2) is 14.2 Å². The fourth-order valence-electron chi connectivity index (χ4n) is 5.54. The van der Waals surface area contributed by atoms with Gasteiger partial charge in [0.05, 0.1) is 14.2 Å². The average molecular weight is 336 g/mol. The summed E-state index contributed by atoms with van der Waals surface area (Å²) >= 11 is 0. The Kier molecular flexibility index (Phi) is 3.32. The molecule has 0 N–H and O–H groups in total. The molecule has 2 aromatic rings. The minimum absolute atomic E-state index is 0.0935. The third-order valence-corrected chi connectivity index (χ3v) is 6.43. The smallest absolute Gasteiger partial charge is 0.119 e. The summed E-state index contributed by atoms with van der Waals surface area (Å²) < 4.78 is 11.0. The van der Waals surface area contributed by atoms with E-state index in [1.165, 1.54) is 22.3 Å². The molecule has 2 aliphatic rings. The summed E-state index contributed by atoms with van der Waals surface area (Å²) in [7, 11) is 3.50. The van der Waals surface area contributed by atoms with Gasteiger partial charge in [-0.15, -0.1) is 0 Å². The molecular formula is C23H28O2. The first-order valence-electron chi connectivity index (χ1n) is 9.12. The molecule has 0 aliphatic heterocycles. The minimum atomic E-state index is 0.0935. The first-order valence-corrected chi connectivity index (χ1v) is 9.12. The summed E-state index contributed by atoms with van der Waals surface area (Å²) in [5.74, 6) is 1.91. The first-order chi connectivity index (χ1) is 11.7. The van der Waals surface area contributed by atoms with Crippen LogP contribution in [-0.2, 0) is 16.2 Å². The molecule has 0 fully saturated rings. The van der Waals surface area contributed by atoms with Gasteiger partial charge in [-0.3, -0.25) is 0 Å². The highest BCUT2D eigenvalue weighted by Crippen LogP contribution is 2.63. The summed E-state index contributed by atoms with van der Waals surface area (Å²) in [5, 5.41) is 0. The molecule has 0 unspecified atom stereocenters. The Balaban J connectivity index is 1.97. The van der Waals surface area contributed by atoms with Crippen molar-refractivity contribution in [1.82, 2.24) is 0 Å². The molecule has 0 radical (unpaired) electrons. The van der Waals surface area contributed by atoms with E-state index in [2.05, 4.69) is 64.1 Å². The zero-order valence-electron chi connectivity index (χ0n) is 16.2. The van der Waals surface area contributed by atoms with Gasteiger partial charge in [-0.1, -0.05) is 39.8 Å². The monoisotopic (exact) mass is 336 g/mol. The van der Waals surface area contributed by atoms with E-state index < -0.39 is 0 Å². The van der Waals surface area contributed by atoms with Crippen molar-refractivity contribution in [1.29, 1.82) is 0 Å². The van der Waals surface area contributed by atoms with Gasteiger partial charge >= 0.3 is 0 Å². The number of hydrogen-bond acceptors (Lipinski definition) is 2. The second kappa shape index (κ2) is 5.03. The quantitative estimate of drug-likeness (QED) is 0.736. The molecule has 2 aliphatic carbocycles. The topological polar surface area (TPSA) is 18.5 Å². The van der Waals surface area contributed by atoms with Crippen molar-refractivity contribution in [3.05, 3.63) is 58.7 Å². The van der Waals surface area contributed by atoms with Gasteiger partial charge in [-0.2, -0.15) is 0 Å². The predicted molar refractivity (Wildman–Crippen MR) is 102 cm³/mol. The molecule has 132 valence electrons. The maximum atomic E-state index is 5.51. The van der Waals surface area contributed by atoms with Gasteiger partial charge in [0.25, 0.3) is 0 Å². The Morgan fingerprint density at radius 1 is 0.640 bits per heavy atom. The van der Waals surface area contributed by atoms with Crippen molar-refractivity contribution in [2.24, 2.45) is 0 Å². The standard InChI is InChI=1S/C23H28O2/c1-21(2)13-23(17-9-7-15(24-5)11-19(17)21)14-22(3,4)20-12-16(25-6)8-10-18(20)23/h7-12H,13-14H2,1-6H3. The van der Waals surface area contributed by atoms with E-state index >= 15 is 0 Å². The fraction of sp³-hybridized carbons (Fsp3) is 0.478. The molecule has 2 nitrogen and oxygen atoms in total. The molecule has 0 atom stereocenters. The Bertz CT molecular complexity index is 774. The molecule has 2 aromatic carbocycles. The number of fused-ring (bicyclic) bond motifs is 4. The van der Waals surface area contributed by atoms with E-state index in [1.807, 2.05) is 0 Å². The lowest BCUT2D eigenvalue weighted by atomic mass is 9.72. The van der Waals surface area contributed by atoms with Crippen LogP contribution in [0.5, 0.6) is 11.5 Å². The Labute approximate surface area is 151 Å². The normalized spacial score (nSPS) is 21.0. The molecule has 0 saturated heterocycles. The van der Waals surface area contributed by atoms with Gasteiger partial charge in [-0.25, -0.2) is 0 Å². The molecule has 2 heteroatoms. The van der Waals surface area contributed by atoms with Crippen LogP contribution in [0.25, 0.3) is 0 Å². The van der Waals surface area contributed by atoms with Gasteiger partial charge in [0.15, 0.2) is 0 Å². The molecule has 0 bridgehead atoms.